The Morgan fingerprint density at radius 2 is 1.57 bits per heavy atom. The molecule has 10 nitrogen and oxygen atoms in total. The minimum atomic E-state index is 0.0569. The molecule has 0 spiro atoms. The maximum atomic E-state index is 5.80. The molecule has 6 aromatic rings. The zero-order chi connectivity index (χ0) is 27.4. The average Bonchev–Trinajstić information content (AvgIpc) is 3.61. The number of hydrogen-bond acceptors (Lipinski definition) is 7. The van der Waals surface area contributed by atoms with Gasteiger partial charge in [0.15, 0.2) is 0 Å². The molecule has 0 N–H and O–H groups in total. The average molecular weight is 534 g/mol. The van der Waals surface area contributed by atoms with Crippen molar-refractivity contribution in [3.8, 4) is 22.6 Å². The van der Waals surface area contributed by atoms with Crippen LogP contribution in [0.4, 0.5) is 0 Å². The van der Waals surface area contributed by atoms with E-state index in [2.05, 4.69) is 73.7 Å². The number of rotatable bonds is 5. The topological polar surface area (TPSA) is 101 Å². The predicted molar refractivity (Wildman–Crippen MR) is 153 cm³/mol. The predicted octanol–water partition coefficient (Wildman–Crippen LogP) is 4.81. The molecule has 1 aliphatic rings. The second kappa shape index (κ2) is 9.63. The summed E-state index contributed by atoms with van der Waals surface area (Å²) in [7, 11) is 3.83. The molecule has 7 rings (SSSR count). The fourth-order valence-corrected chi connectivity index (χ4v) is 6.30. The zero-order valence-corrected chi connectivity index (χ0v) is 23.1. The van der Waals surface area contributed by atoms with Gasteiger partial charge in [-0.3, -0.25) is 4.98 Å². The molecule has 0 unspecified atom stereocenters. The van der Waals surface area contributed by atoms with Crippen LogP contribution < -0.4 is 0 Å². The Balaban J connectivity index is 1.56. The molecule has 0 radical (unpaired) electrons. The summed E-state index contributed by atoms with van der Waals surface area (Å²) in [5.41, 5.74) is 9.53. The molecule has 1 fully saturated rings. The van der Waals surface area contributed by atoms with E-state index in [9.17, 15) is 0 Å². The highest BCUT2D eigenvalue weighted by atomic mass is 16.5. The number of aromatic nitrogens is 9. The Morgan fingerprint density at radius 1 is 0.875 bits per heavy atom. The number of hydrogen-bond donors (Lipinski definition) is 0. The summed E-state index contributed by atoms with van der Waals surface area (Å²) in [4.78, 5) is 10.3. The normalized spacial score (nSPS) is 15.3. The summed E-state index contributed by atoms with van der Waals surface area (Å²) in [6, 6.07) is 17.2. The van der Waals surface area contributed by atoms with Crippen LogP contribution in [0, 0.1) is 19.8 Å². The van der Waals surface area contributed by atoms with E-state index in [0.717, 1.165) is 82.2 Å². The first kappa shape index (κ1) is 24.6. The van der Waals surface area contributed by atoms with Gasteiger partial charge < -0.3 is 9.30 Å². The third-order valence-corrected chi connectivity index (χ3v) is 8.12. The van der Waals surface area contributed by atoms with Crippen LogP contribution in [0.5, 0.6) is 0 Å². The lowest BCUT2D eigenvalue weighted by Gasteiger charge is -2.32. The summed E-state index contributed by atoms with van der Waals surface area (Å²) in [6.45, 7) is 5.46. The molecule has 5 aromatic heterocycles. The third-order valence-electron chi connectivity index (χ3n) is 8.12. The largest absolute Gasteiger partial charge is 0.381 e. The number of fused-ring (bicyclic) bond motifs is 3. The van der Waals surface area contributed by atoms with E-state index in [1.165, 1.54) is 5.56 Å². The minimum absolute atomic E-state index is 0.0569. The van der Waals surface area contributed by atoms with Gasteiger partial charge in [-0.15, -0.1) is 10.2 Å². The Bertz CT molecular complexity index is 1700. The van der Waals surface area contributed by atoms with Crippen molar-refractivity contribution >= 4 is 22.1 Å². The van der Waals surface area contributed by atoms with Crippen LogP contribution in [0.1, 0.15) is 35.8 Å². The fraction of sp³-hybridized carbons (Fsp3) is 0.333. The van der Waals surface area contributed by atoms with E-state index < -0.39 is 0 Å². The van der Waals surface area contributed by atoms with Crippen LogP contribution >= 0.6 is 0 Å². The van der Waals surface area contributed by atoms with Gasteiger partial charge in [0.2, 0.25) is 0 Å². The molecule has 0 amide bonds. The SMILES string of the molecule is Cc1nnn(C)c1-c1cnc2c3ccc(-c4c(C)nnn4C)nc3n([C@@H](c3ccccc3)C3CCOCC3)c2c1. The van der Waals surface area contributed by atoms with E-state index in [1.54, 1.807) is 4.68 Å². The molecule has 202 valence electrons. The van der Waals surface area contributed by atoms with Gasteiger partial charge in [0.25, 0.3) is 0 Å². The van der Waals surface area contributed by atoms with Crippen LogP contribution in [0.2, 0.25) is 0 Å². The molecule has 0 saturated carbocycles. The lowest BCUT2D eigenvalue weighted by molar-refractivity contribution is 0.0552. The first-order valence-corrected chi connectivity index (χ1v) is 13.7. The van der Waals surface area contributed by atoms with Crippen LogP contribution in [-0.4, -0.2) is 57.7 Å². The number of aryl methyl sites for hydroxylation is 4. The van der Waals surface area contributed by atoms with Gasteiger partial charge in [0.05, 0.1) is 39.9 Å². The Kier molecular flexibility index (Phi) is 5.92. The van der Waals surface area contributed by atoms with Gasteiger partial charge >= 0.3 is 0 Å². The Morgan fingerprint density at radius 3 is 2.25 bits per heavy atom. The van der Waals surface area contributed by atoms with Crippen molar-refractivity contribution in [1.82, 2.24) is 44.5 Å². The minimum Gasteiger partial charge on any atom is -0.381 e. The van der Waals surface area contributed by atoms with Gasteiger partial charge in [-0.2, -0.15) is 0 Å². The van der Waals surface area contributed by atoms with E-state index in [4.69, 9.17) is 14.7 Å². The van der Waals surface area contributed by atoms with Crippen LogP contribution in [-0.2, 0) is 18.8 Å². The highest BCUT2D eigenvalue weighted by Crippen LogP contribution is 2.41. The van der Waals surface area contributed by atoms with Crippen LogP contribution in [0.3, 0.4) is 0 Å². The van der Waals surface area contributed by atoms with Crippen LogP contribution in [0.25, 0.3) is 44.7 Å². The fourth-order valence-electron chi connectivity index (χ4n) is 6.30. The molecule has 10 heteroatoms. The van der Waals surface area contributed by atoms with Gasteiger partial charge in [0.1, 0.15) is 11.3 Å². The first-order valence-electron chi connectivity index (χ1n) is 13.7. The monoisotopic (exact) mass is 533 g/mol. The van der Waals surface area contributed by atoms with E-state index in [1.807, 2.05) is 38.8 Å². The standard InChI is InChI=1S/C30H31N9O/c1-18-27(37(3)35-33-18)22-16-25-26(31-17-22)23-10-11-24(28-19(2)34-36-38(28)4)32-30(23)39(25)29(20-8-6-5-7-9-20)21-12-14-40-15-13-21/h5-11,16-17,21,29H,12-15H2,1-4H3/t29-/m0/s1. The van der Waals surface area contributed by atoms with Crippen molar-refractivity contribution in [3.05, 3.63) is 71.7 Å². The van der Waals surface area contributed by atoms with Crippen molar-refractivity contribution in [2.75, 3.05) is 13.2 Å². The molecule has 1 saturated heterocycles. The van der Waals surface area contributed by atoms with Gasteiger partial charge in [-0.05, 0) is 56.4 Å². The third kappa shape index (κ3) is 3.90. The molecular formula is C30H31N9O. The van der Waals surface area contributed by atoms with Crippen molar-refractivity contribution < 1.29 is 4.74 Å². The van der Waals surface area contributed by atoms with Crippen molar-refractivity contribution in [2.45, 2.75) is 32.7 Å². The Labute approximate surface area is 231 Å². The van der Waals surface area contributed by atoms with Crippen molar-refractivity contribution in [3.63, 3.8) is 0 Å². The summed E-state index contributed by atoms with van der Waals surface area (Å²) in [6.07, 6.45) is 3.87. The molecule has 6 heterocycles. The molecule has 1 aliphatic heterocycles. The molecule has 40 heavy (non-hydrogen) atoms. The van der Waals surface area contributed by atoms with Gasteiger partial charge in [-0.1, -0.05) is 40.8 Å². The number of nitrogens with zero attached hydrogens (tertiary/aromatic N) is 9. The maximum absolute atomic E-state index is 5.80. The van der Waals surface area contributed by atoms with E-state index >= 15 is 0 Å². The second-order valence-electron chi connectivity index (χ2n) is 10.6. The van der Waals surface area contributed by atoms with Crippen molar-refractivity contribution in [1.29, 1.82) is 0 Å². The van der Waals surface area contributed by atoms with Gasteiger partial charge in [0, 0.05) is 44.5 Å². The van der Waals surface area contributed by atoms with Crippen LogP contribution in [0.15, 0.2) is 54.7 Å². The number of ether oxygens (including phenoxy) is 1. The summed E-state index contributed by atoms with van der Waals surface area (Å²) in [5, 5.41) is 18.1. The molecule has 0 bridgehead atoms. The maximum Gasteiger partial charge on any atom is 0.143 e. The number of benzene rings is 1. The van der Waals surface area contributed by atoms with Gasteiger partial charge in [-0.25, -0.2) is 14.3 Å². The molecule has 0 aliphatic carbocycles. The highest BCUT2D eigenvalue weighted by Gasteiger charge is 2.31. The second-order valence-corrected chi connectivity index (χ2v) is 10.6. The van der Waals surface area contributed by atoms with E-state index in [-0.39, 0.29) is 6.04 Å². The van der Waals surface area contributed by atoms with E-state index in [0.29, 0.717) is 5.92 Å². The summed E-state index contributed by atoms with van der Waals surface area (Å²) in [5.74, 6) is 0.379. The number of pyridine rings is 2. The quantitative estimate of drug-likeness (QED) is 0.313. The van der Waals surface area contributed by atoms with Crippen molar-refractivity contribution in [2.24, 2.45) is 20.0 Å². The Hall–Kier alpha value is -4.44. The zero-order valence-electron chi connectivity index (χ0n) is 23.1. The molecule has 1 aromatic carbocycles. The molecule has 1 atom stereocenters. The smallest absolute Gasteiger partial charge is 0.143 e. The lowest BCUT2D eigenvalue weighted by Crippen LogP contribution is -2.27. The first-order chi connectivity index (χ1) is 19.5. The molecular weight excluding hydrogens is 502 g/mol. The lowest BCUT2D eigenvalue weighted by atomic mass is 9.86. The highest BCUT2D eigenvalue weighted by molar-refractivity contribution is 6.06. The summed E-state index contributed by atoms with van der Waals surface area (Å²) < 4.78 is 11.8. The summed E-state index contributed by atoms with van der Waals surface area (Å²) >= 11 is 0.